The van der Waals surface area contributed by atoms with E-state index in [4.69, 9.17) is 0 Å². The zero-order valence-electron chi connectivity index (χ0n) is 28.2. The summed E-state index contributed by atoms with van der Waals surface area (Å²) in [7, 11) is 1.49. The second-order valence-corrected chi connectivity index (χ2v) is 12.8. The van der Waals surface area contributed by atoms with Crippen LogP contribution in [0.2, 0.25) is 0 Å². The molecule has 5 rings (SSSR count). The Bertz CT molecular complexity index is 2160. The Hall–Kier alpha value is -4.98. The highest BCUT2D eigenvalue weighted by molar-refractivity contribution is 5.61. The van der Waals surface area contributed by atoms with Gasteiger partial charge in [-0.1, -0.05) is 13.8 Å². The number of hydrogen-bond acceptors (Lipinski definition) is 1. The minimum atomic E-state index is -4.60. The molecule has 4 aromatic rings. The molecule has 302 valence electrons. The second kappa shape index (κ2) is 13.6. The van der Waals surface area contributed by atoms with Crippen LogP contribution < -0.4 is 0 Å². The summed E-state index contributed by atoms with van der Waals surface area (Å²) in [5.74, 6) is -69.2. The summed E-state index contributed by atoms with van der Waals surface area (Å²) < 4.78 is 310. The van der Waals surface area contributed by atoms with Gasteiger partial charge in [-0.15, -0.1) is 0 Å². The van der Waals surface area contributed by atoms with Crippen molar-refractivity contribution in [1.29, 1.82) is 0 Å². The molecule has 4 aromatic carbocycles. The van der Waals surface area contributed by atoms with E-state index < -0.39 is 173 Å². The lowest BCUT2D eigenvalue weighted by Gasteiger charge is -2.59. The zero-order valence-corrected chi connectivity index (χ0v) is 28.2. The summed E-state index contributed by atoms with van der Waals surface area (Å²) in [6, 6.07) is 0. The Balaban J connectivity index is 2.37. The molecule has 56 heavy (non-hydrogen) atoms. The van der Waals surface area contributed by atoms with Gasteiger partial charge in [0, 0.05) is 53.4 Å². The number of allylic oxidation sites excluding steroid dienone is 2. The standard InChI is InChI=1S/C35H17F20N/c1-6-33(56(4)5)7(2)35(11-17(40)25(48)31(54)26(49)18(11)41,12-19(42)27(50)32(55)28(51)20(12)43)8(3)34(6,9-13(36)21(44)29(52)22(45)14(9)37)10-15(38)23(46)30(53)24(47)16(10)39/h6,8H,1-5H3. The van der Waals surface area contributed by atoms with Crippen LogP contribution in [-0.2, 0) is 10.8 Å². The van der Waals surface area contributed by atoms with Crippen LogP contribution in [0.5, 0.6) is 0 Å². The third-order valence-corrected chi connectivity index (χ3v) is 10.3. The van der Waals surface area contributed by atoms with Crippen LogP contribution in [0, 0.1) is 128 Å². The molecule has 0 fully saturated rings. The fourth-order valence-corrected chi connectivity index (χ4v) is 8.27. The third-order valence-electron chi connectivity index (χ3n) is 10.3. The lowest BCUT2D eigenvalue weighted by atomic mass is 9.43. The van der Waals surface area contributed by atoms with Gasteiger partial charge < -0.3 is 4.90 Å². The van der Waals surface area contributed by atoms with Crippen molar-refractivity contribution in [2.45, 2.75) is 31.6 Å². The molecule has 1 nitrogen and oxygen atoms in total. The van der Waals surface area contributed by atoms with Gasteiger partial charge in [0.2, 0.25) is 23.3 Å². The number of halogens is 20. The Morgan fingerprint density at radius 2 is 0.536 bits per heavy atom. The number of nitrogens with zero attached hydrogens (tertiary/aromatic N) is 1. The molecule has 0 N–H and O–H groups in total. The van der Waals surface area contributed by atoms with Gasteiger partial charge in [-0.3, -0.25) is 0 Å². The van der Waals surface area contributed by atoms with Crippen LogP contribution in [0.3, 0.4) is 0 Å². The highest BCUT2D eigenvalue weighted by atomic mass is 19.2. The van der Waals surface area contributed by atoms with Gasteiger partial charge in [0.1, 0.15) is 0 Å². The Morgan fingerprint density at radius 1 is 0.339 bits per heavy atom. The van der Waals surface area contributed by atoms with E-state index in [-0.39, 0.29) is 6.92 Å². The van der Waals surface area contributed by atoms with E-state index in [2.05, 4.69) is 0 Å². The molecule has 0 radical (unpaired) electrons. The summed E-state index contributed by atoms with van der Waals surface area (Å²) in [4.78, 5) is 0.492. The zero-order chi connectivity index (χ0) is 42.7. The SMILES string of the molecule is CC1=C(N(C)C)C(C)C(c2c(F)c(F)c(F)c(F)c2F)(c2c(F)c(F)c(F)c(F)c2F)C(C)C1(c1c(F)c(F)c(F)c(F)c1F)c1c(F)c(F)c(F)c(F)c1F. The van der Waals surface area contributed by atoms with Crippen molar-refractivity contribution >= 4 is 0 Å². The van der Waals surface area contributed by atoms with Crippen LogP contribution in [-0.4, -0.2) is 19.0 Å². The van der Waals surface area contributed by atoms with Crippen molar-refractivity contribution in [3.8, 4) is 0 Å². The first-order valence-electron chi connectivity index (χ1n) is 15.2. The van der Waals surface area contributed by atoms with Gasteiger partial charge in [-0.2, -0.15) is 0 Å². The highest BCUT2D eigenvalue weighted by Gasteiger charge is 2.67. The maximum atomic E-state index is 16.3. The Morgan fingerprint density at radius 3 is 0.750 bits per heavy atom. The van der Waals surface area contributed by atoms with Crippen molar-refractivity contribution < 1.29 is 87.8 Å². The van der Waals surface area contributed by atoms with E-state index >= 15 is 70.2 Å². The Kier molecular flexibility index (Phi) is 10.2. The van der Waals surface area contributed by atoms with Crippen LogP contribution in [0.25, 0.3) is 0 Å². The van der Waals surface area contributed by atoms with E-state index in [0.29, 0.717) is 18.7 Å². The molecular formula is C35H17F20N. The maximum Gasteiger partial charge on any atom is 0.200 e. The van der Waals surface area contributed by atoms with E-state index in [1.165, 1.54) is 0 Å². The van der Waals surface area contributed by atoms with Crippen molar-refractivity contribution in [1.82, 2.24) is 4.90 Å². The number of benzene rings is 4. The van der Waals surface area contributed by atoms with Crippen molar-refractivity contribution in [2.24, 2.45) is 11.8 Å². The summed E-state index contributed by atoms with van der Waals surface area (Å²) >= 11 is 0. The lowest BCUT2D eigenvalue weighted by Crippen LogP contribution is -2.60. The first kappa shape index (κ1) is 42.2. The molecule has 0 heterocycles. The molecule has 0 aromatic heterocycles. The molecule has 0 saturated heterocycles. The molecule has 2 unspecified atom stereocenters. The lowest BCUT2D eigenvalue weighted by molar-refractivity contribution is 0.121. The summed E-state index contributed by atoms with van der Waals surface area (Å²) in [5.41, 5.74) is -22.7. The number of rotatable bonds is 5. The normalized spacial score (nSPS) is 17.9. The molecule has 21 heteroatoms. The van der Waals surface area contributed by atoms with Gasteiger partial charge in [-0.05, 0) is 18.4 Å². The molecule has 0 aliphatic heterocycles. The van der Waals surface area contributed by atoms with Crippen molar-refractivity contribution in [3.05, 3.63) is 150 Å². The second-order valence-electron chi connectivity index (χ2n) is 12.8. The molecule has 1 aliphatic rings. The molecule has 2 atom stereocenters. The average Bonchev–Trinajstić information content (AvgIpc) is 3.15. The van der Waals surface area contributed by atoms with Crippen molar-refractivity contribution in [2.75, 3.05) is 14.1 Å². The van der Waals surface area contributed by atoms with Gasteiger partial charge in [0.15, 0.2) is 93.1 Å². The van der Waals surface area contributed by atoms with E-state index in [9.17, 15) is 17.6 Å². The predicted molar refractivity (Wildman–Crippen MR) is 151 cm³/mol. The topological polar surface area (TPSA) is 3.24 Å². The van der Waals surface area contributed by atoms with E-state index in [1.807, 2.05) is 0 Å². The van der Waals surface area contributed by atoms with Gasteiger partial charge in [0.05, 0.1) is 5.41 Å². The molecule has 0 saturated carbocycles. The van der Waals surface area contributed by atoms with Gasteiger partial charge in [-0.25, -0.2) is 87.8 Å². The third kappa shape index (κ3) is 4.96. The first-order chi connectivity index (χ1) is 25.7. The van der Waals surface area contributed by atoms with Crippen LogP contribution >= 0.6 is 0 Å². The maximum absolute atomic E-state index is 16.3. The predicted octanol–water partition coefficient (Wildman–Crippen LogP) is 10.9. The first-order valence-corrected chi connectivity index (χ1v) is 15.2. The van der Waals surface area contributed by atoms with E-state index in [1.54, 1.807) is 0 Å². The number of hydrogen-bond donors (Lipinski definition) is 0. The minimum Gasteiger partial charge on any atom is -0.381 e. The molecule has 1 aliphatic carbocycles. The van der Waals surface area contributed by atoms with E-state index in [0.717, 1.165) is 14.1 Å². The van der Waals surface area contributed by atoms with Crippen LogP contribution in [0.4, 0.5) is 87.8 Å². The van der Waals surface area contributed by atoms with Gasteiger partial charge in [0.25, 0.3) is 0 Å². The molecule has 0 spiro atoms. The molecule has 0 bridgehead atoms. The minimum absolute atomic E-state index is 0.0125. The summed E-state index contributed by atoms with van der Waals surface area (Å²) in [6.07, 6.45) is 0. The molecule has 0 amide bonds. The average molecular weight is 831 g/mol. The van der Waals surface area contributed by atoms with Crippen molar-refractivity contribution in [3.63, 3.8) is 0 Å². The fourth-order valence-electron chi connectivity index (χ4n) is 8.27. The van der Waals surface area contributed by atoms with Crippen LogP contribution in [0.15, 0.2) is 11.3 Å². The monoisotopic (exact) mass is 831 g/mol. The van der Waals surface area contributed by atoms with Gasteiger partial charge >= 0.3 is 0 Å². The quantitative estimate of drug-likeness (QED) is 0.110. The summed E-state index contributed by atoms with van der Waals surface area (Å²) in [5, 5.41) is 0. The molecular weight excluding hydrogens is 814 g/mol. The largest absolute Gasteiger partial charge is 0.381 e. The highest BCUT2D eigenvalue weighted by Crippen LogP contribution is 2.66. The smallest absolute Gasteiger partial charge is 0.200 e. The fraction of sp³-hybridized carbons (Fsp3) is 0.257. The Labute approximate surface area is 300 Å². The van der Waals surface area contributed by atoms with Crippen LogP contribution in [0.1, 0.15) is 43.0 Å². The summed E-state index contributed by atoms with van der Waals surface area (Å²) in [6.45, 7) is 0.879.